The fourth-order valence-electron chi connectivity index (χ4n) is 1.17. The van der Waals surface area contributed by atoms with Crippen molar-refractivity contribution in [1.82, 2.24) is 4.98 Å². The van der Waals surface area contributed by atoms with Gasteiger partial charge in [0.05, 0.1) is 0 Å². The summed E-state index contributed by atoms with van der Waals surface area (Å²) in [7, 11) is 0. The molecule has 0 unspecified atom stereocenters. The molecule has 8 heteroatoms. The van der Waals surface area contributed by atoms with Crippen molar-refractivity contribution in [2.24, 2.45) is 0 Å². The largest absolute Gasteiger partial charge is 0.523 e. The third-order valence-electron chi connectivity index (χ3n) is 1.82. The molecule has 98 valence electrons. The Bertz CT molecular complexity index is 346. The second kappa shape index (κ2) is 4.99. The van der Waals surface area contributed by atoms with Crippen molar-refractivity contribution >= 4 is 0 Å². The van der Waals surface area contributed by atoms with Crippen LogP contribution in [0, 0.1) is 0 Å². The van der Waals surface area contributed by atoms with Crippen LogP contribution in [-0.4, -0.2) is 11.3 Å². The van der Waals surface area contributed by atoms with E-state index < -0.39 is 36.9 Å². The summed E-state index contributed by atoms with van der Waals surface area (Å²) in [6.07, 6.45) is -7.74. The molecule has 1 heterocycles. The molecule has 0 saturated heterocycles. The smallest absolute Gasteiger partial charge is 0.442 e. The molecule has 0 aliphatic carbocycles. The van der Waals surface area contributed by atoms with Crippen molar-refractivity contribution in [3.8, 4) is 0 Å². The summed E-state index contributed by atoms with van der Waals surface area (Å²) in [5.41, 5.74) is -0.638. The van der Waals surface area contributed by atoms with Crippen LogP contribution in [0.5, 0.6) is 0 Å². The van der Waals surface area contributed by atoms with E-state index >= 15 is 0 Å². The summed E-state index contributed by atoms with van der Waals surface area (Å²) in [4.78, 5) is 3.29. The number of ether oxygens (including phenoxy) is 1. The van der Waals surface area contributed by atoms with Gasteiger partial charge in [-0.2, -0.15) is 0 Å². The Morgan fingerprint density at radius 1 is 1.29 bits per heavy atom. The van der Waals surface area contributed by atoms with E-state index in [0.717, 1.165) is 0 Å². The zero-order chi connectivity index (χ0) is 13.2. The normalized spacial score (nSPS) is 12.8. The maximum atomic E-state index is 12.5. The average Bonchev–Trinajstić information content (AvgIpc) is 2.57. The van der Waals surface area contributed by atoms with Crippen molar-refractivity contribution in [3.63, 3.8) is 0 Å². The molecular formula is C9H10F5NO2. The summed E-state index contributed by atoms with van der Waals surface area (Å²) in [5, 5.41) is 0. The Kier molecular flexibility index (Phi) is 4.07. The minimum Gasteiger partial charge on any atom is -0.442 e. The van der Waals surface area contributed by atoms with Crippen LogP contribution in [-0.2, 0) is 11.3 Å². The van der Waals surface area contributed by atoms with Gasteiger partial charge in [-0.25, -0.2) is 13.8 Å². The average molecular weight is 259 g/mol. The van der Waals surface area contributed by atoms with Gasteiger partial charge < -0.3 is 4.42 Å². The van der Waals surface area contributed by atoms with Gasteiger partial charge in [-0.1, -0.05) is 13.8 Å². The molecule has 0 aliphatic heterocycles. The van der Waals surface area contributed by atoms with Crippen LogP contribution in [0.4, 0.5) is 22.0 Å². The molecular weight excluding hydrogens is 249 g/mol. The van der Waals surface area contributed by atoms with Crippen molar-refractivity contribution < 1.29 is 31.1 Å². The van der Waals surface area contributed by atoms with Gasteiger partial charge in [0.1, 0.15) is 18.1 Å². The maximum absolute atomic E-state index is 12.5. The minimum atomic E-state index is -4.85. The quantitative estimate of drug-likeness (QED) is 0.772. The molecule has 1 rings (SSSR count). The third-order valence-corrected chi connectivity index (χ3v) is 1.82. The second-order valence-electron chi connectivity index (χ2n) is 3.55. The highest BCUT2D eigenvalue weighted by atomic mass is 19.4. The highest BCUT2D eigenvalue weighted by Crippen LogP contribution is 2.29. The lowest BCUT2D eigenvalue weighted by atomic mass is 10.1. The molecule has 0 fully saturated rings. The lowest BCUT2D eigenvalue weighted by Crippen LogP contribution is -2.13. The standard InChI is InChI=1S/C9H10F5NO2/c1-4(2)7-6(8(10)11)15-5(17-7)3-16-9(12,13)14/h4,8H,3H2,1-2H3. The van der Waals surface area contributed by atoms with Crippen LogP contribution in [0.25, 0.3) is 0 Å². The van der Waals surface area contributed by atoms with Gasteiger partial charge >= 0.3 is 6.36 Å². The van der Waals surface area contributed by atoms with Gasteiger partial charge in [0.15, 0.2) is 0 Å². The predicted octanol–water partition coefficient (Wildman–Crippen LogP) is 3.77. The molecule has 1 aromatic heterocycles. The molecule has 0 bridgehead atoms. The molecule has 0 aliphatic rings. The first kappa shape index (κ1) is 13.9. The molecule has 17 heavy (non-hydrogen) atoms. The van der Waals surface area contributed by atoms with Crippen molar-refractivity contribution in [2.45, 2.75) is 39.2 Å². The molecule has 0 N–H and O–H groups in total. The number of halogens is 5. The molecule has 0 aromatic carbocycles. The Labute approximate surface area is 93.6 Å². The minimum absolute atomic E-state index is 0.124. The van der Waals surface area contributed by atoms with E-state index in [1.807, 2.05) is 0 Å². The van der Waals surface area contributed by atoms with Crippen LogP contribution in [0.2, 0.25) is 0 Å². The summed E-state index contributed by atoms with van der Waals surface area (Å²) >= 11 is 0. The van der Waals surface area contributed by atoms with Crippen LogP contribution >= 0.6 is 0 Å². The lowest BCUT2D eigenvalue weighted by molar-refractivity contribution is -0.332. The fraction of sp³-hybridized carbons (Fsp3) is 0.667. The Hall–Kier alpha value is -1.18. The summed E-state index contributed by atoms with van der Waals surface area (Å²) < 4.78 is 68.4. The van der Waals surface area contributed by atoms with Crippen molar-refractivity contribution in [1.29, 1.82) is 0 Å². The SMILES string of the molecule is CC(C)c1oc(COC(F)(F)F)nc1C(F)F. The molecule has 0 saturated carbocycles. The fourth-order valence-corrected chi connectivity index (χ4v) is 1.17. The van der Waals surface area contributed by atoms with E-state index in [1.54, 1.807) is 13.8 Å². The van der Waals surface area contributed by atoms with Gasteiger partial charge in [0.2, 0.25) is 5.89 Å². The van der Waals surface area contributed by atoms with E-state index in [4.69, 9.17) is 4.42 Å². The van der Waals surface area contributed by atoms with E-state index in [2.05, 4.69) is 9.72 Å². The van der Waals surface area contributed by atoms with Crippen LogP contribution in [0.15, 0.2) is 4.42 Å². The number of alkyl halides is 5. The summed E-state index contributed by atoms with van der Waals surface area (Å²) in [6.45, 7) is 2.12. The number of nitrogens with zero attached hydrogens (tertiary/aromatic N) is 1. The lowest BCUT2D eigenvalue weighted by Gasteiger charge is -2.04. The summed E-state index contributed by atoms with van der Waals surface area (Å²) in [5.74, 6) is -1.03. The highest BCUT2D eigenvalue weighted by molar-refractivity contribution is 5.14. The number of hydrogen-bond acceptors (Lipinski definition) is 3. The molecule has 1 aromatic rings. The maximum Gasteiger partial charge on any atom is 0.523 e. The van der Waals surface area contributed by atoms with E-state index in [1.165, 1.54) is 0 Å². The predicted molar refractivity (Wildman–Crippen MR) is 46.4 cm³/mol. The van der Waals surface area contributed by atoms with Crippen LogP contribution in [0.3, 0.4) is 0 Å². The number of aromatic nitrogens is 1. The van der Waals surface area contributed by atoms with Gasteiger partial charge in [-0.15, -0.1) is 13.2 Å². The number of oxazole rings is 1. The number of hydrogen-bond donors (Lipinski definition) is 0. The molecule has 0 amide bonds. The molecule has 0 atom stereocenters. The van der Waals surface area contributed by atoms with E-state index in [0.29, 0.717) is 0 Å². The zero-order valence-electron chi connectivity index (χ0n) is 9.02. The van der Waals surface area contributed by atoms with Crippen LogP contribution in [0.1, 0.15) is 43.5 Å². The van der Waals surface area contributed by atoms with Gasteiger partial charge in [-0.05, 0) is 0 Å². The van der Waals surface area contributed by atoms with Gasteiger partial charge in [0.25, 0.3) is 6.43 Å². The first-order chi connectivity index (χ1) is 7.70. The Morgan fingerprint density at radius 2 is 1.88 bits per heavy atom. The molecule has 0 spiro atoms. The van der Waals surface area contributed by atoms with Crippen LogP contribution < -0.4 is 0 Å². The topological polar surface area (TPSA) is 35.3 Å². The van der Waals surface area contributed by atoms with E-state index in [9.17, 15) is 22.0 Å². The third kappa shape index (κ3) is 3.95. The van der Waals surface area contributed by atoms with Crippen molar-refractivity contribution in [3.05, 3.63) is 17.3 Å². The van der Waals surface area contributed by atoms with Gasteiger partial charge in [-0.3, -0.25) is 4.74 Å². The second-order valence-corrected chi connectivity index (χ2v) is 3.55. The zero-order valence-corrected chi connectivity index (χ0v) is 9.02. The number of rotatable bonds is 4. The monoisotopic (exact) mass is 259 g/mol. The summed E-state index contributed by atoms with van der Waals surface area (Å²) in [6, 6.07) is 0. The van der Waals surface area contributed by atoms with E-state index in [-0.39, 0.29) is 5.76 Å². The highest BCUT2D eigenvalue weighted by Gasteiger charge is 2.31. The Morgan fingerprint density at radius 3 is 2.24 bits per heavy atom. The van der Waals surface area contributed by atoms with Gasteiger partial charge in [0, 0.05) is 5.92 Å². The Balaban J connectivity index is 2.85. The van der Waals surface area contributed by atoms with Crippen molar-refractivity contribution in [2.75, 3.05) is 0 Å². The first-order valence-corrected chi connectivity index (χ1v) is 4.69. The molecule has 0 radical (unpaired) electrons. The first-order valence-electron chi connectivity index (χ1n) is 4.69. The molecule has 3 nitrogen and oxygen atoms in total.